The van der Waals surface area contributed by atoms with Crippen LogP contribution in [0.3, 0.4) is 0 Å². The second kappa shape index (κ2) is 15.3. The third-order valence-electron chi connectivity index (χ3n) is 6.40. The number of esters is 1. The number of unbranched alkanes of at least 4 members (excludes halogenated alkanes) is 6. The molecule has 0 bridgehead atoms. The van der Waals surface area contributed by atoms with Crippen molar-refractivity contribution in [3.8, 4) is 0 Å². The molecular formula is C28H42O3S. The Hall–Kier alpha value is -1.55. The Morgan fingerprint density at radius 1 is 1.06 bits per heavy atom. The van der Waals surface area contributed by atoms with E-state index in [0.717, 1.165) is 38.5 Å². The molecule has 3 atom stereocenters. The first-order valence-electron chi connectivity index (χ1n) is 12.7. The van der Waals surface area contributed by atoms with Gasteiger partial charge in [0.1, 0.15) is 5.78 Å². The molecule has 1 aromatic rings. The van der Waals surface area contributed by atoms with E-state index in [1.54, 1.807) is 11.8 Å². The zero-order valence-electron chi connectivity index (χ0n) is 20.3. The van der Waals surface area contributed by atoms with E-state index in [4.69, 9.17) is 4.74 Å². The molecule has 32 heavy (non-hydrogen) atoms. The van der Waals surface area contributed by atoms with Crippen molar-refractivity contribution < 1.29 is 14.3 Å². The van der Waals surface area contributed by atoms with Crippen LogP contribution in [0.1, 0.15) is 91.4 Å². The fourth-order valence-corrected chi connectivity index (χ4v) is 5.89. The number of ether oxygens (including phenoxy) is 1. The van der Waals surface area contributed by atoms with Crippen LogP contribution in [0.25, 0.3) is 0 Å². The van der Waals surface area contributed by atoms with Crippen LogP contribution < -0.4 is 0 Å². The second-order valence-electron chi connectivity index (χ2n) is 8.86. The minimum absolute atomic E-state index is 0.120. The third-order valence-corrected chi connectivity index (χ3v) is 7.61. The maximum Gasteiger partial charge on any atom is 0.309 e. The summed E-state index contributed by atoms with van der Waals surface area (Å²) >= 11 is 1.78. The molecule has 0 aliphatic heterocycles. The number of Topliss-reactive ketones (excluding diaryl/α,β-unsaturated/α-hetero) is 1. The van der Waals surface area contributed by atoms with E-state index < -0.39 is 0 Å². The van der Waals surface area contributed by atoms with Crippen molar-refractivity contribution in [1.82, 2.24) is 0 Å². The monoisotopic (exact) mass is 458 g/mol. The first-order valence-corrected chi connectivity index (χ1v) is 13.6. The number of allylic oxidation sites excluding steroid dienone is 2. The van der Waals surface area contributed by atoms with Gasteiger partial charge >= 0.3 is 5.97 Å². The average molecular weight is 459 g/mol. The predicted molar refractivity (Wildman–Crippen MR) is 135 cm³/mol. The number of carbonyl (C=O) groups excluding carboxylic acids is 2. The summed E-state index contributed by atoms with van der Waals surface area (Å²) in [6.07, 6.45) is 13.6. The highest BCUT2D eigenvalue weighted by molar-refractivity contribution is 8.03. The van der Waals surface area contributed by atoms with E-state index in [1.165, 1.54) is 35.5 Å². The molecule has 178 valence electrons. The Balaban J connectivity index is 2.27. The van der Waals surface area contributed by atoms with Crippen LogP contribution in [0, 0.1) is 17.8 Å². The lowest BCUT2D eigenvalue weighted by Gasteiger charge is -2.28. The van der Waals surface area contributed by atoms with E-state index in [1.807, 2.05) is 13.0 Å². The van der Waals surface area contributed by atoms with Crippen molar-refractivity contribution in [1.29, 1.82) is 0 Å². The molecule has 0 N–H and O–H groups in total. The number of thioether (sulfide) groups is 1. The van der Waals surface area contributed by atoms with Crippen LogP contribution >= 0.6 is 11.8 Å². The summed E-state index contributed by atoms with van der Waals surface area (Å²) in [5.41, 5.74) is 0. The van der Waals surface area contributed by atoms with Crippen LogP contribution in [0.4, 0.5) is 0 Å². The number of hydrogen-bond acceptors (Lipinski definition) is 4. The molecule has 3 nitrogen and oxygen atoms in total. The zero-order chi connectivity index (χ0) is 23.2. The van der Waals surface area contributed by atoms with Gasteiger partial charge in [-0.2, -0.15) is 0 Å². The van der Waals surface area contributed by atoms with Crippen molar-refractivity contribution >= 4 is 23.5 Å². The lowest BCUT2D eigenvalue weighted by molar-refractivity contribution is -0.152. The Bertz CT molecular complexity index is 713. The van der Waals surface area contributed by atoms with E-state index in [0.29, 0.717) is 13.0 Å². The molecule has 1 aliphatic carbocycles. The molecule has 1 fully saturated rings. The number of carbonyl (C=O) groups is 2. The minimum Gasteiger partial charge on any atom is -0.466 e. The van der Waals surface area contributed by atoms with Crippen molar-refractivity contribution in [2.24, 2.45) is 17.8 Å². The summed E-state index contributed by atoms with van der Waals surface area (Å²) in [6.45, 7) is 6.61. The highest BCUT2D eigenvalue weighted by Crippen LogP contribution is 2.46. The molecule has 3 unspecified atom stereocenters. The largest absolute Gasteiger partial charge is 0.466 e. The van der Waals surface area contributed by atoms with E-state index in [2.05, 4.69) is 44.2 Å². The van der Waals surface area contributed by atoms with Gasteiger partial charge in [-0.05, 0) is 49.6 Å². The molecule has 1 aliphatic rings. The lowest BCUT2D eigenvalue weighted by atomic mass is 9.80. The summed E-state index contributed by atoms with van der Waals surface area (Å²) in [5, 5.41) is 0. The summed E-state index contributed by atoms with van der Waals surface area (Å²) in [5.74, 6) is -0.378. The van der Waals surface area contributed by atoms with E-state index >= 15 is 0 Å². The van der Waals surface area contributed by atoms with Crippen molar-refractivity contribution in [2.75, 3.05) is 6.61 Å². The molecular weight excluding hydrogens is 416 g/mol. The summed E-state index contributed by atoms with van der Waals surface area (Å²) in [7, 11) is 0. The van der Waals surface area contributed by atoms with Crippen LogP contribution in [0.5, 0.6) is 0 Å². The molecule has 0 saturated heterocycles. The van der Waals surface area contributed by atoms with Crippen molar-refractivity contribution in [3.05, 3.63) is 41.3 Å². The van der Waals surface area contributed by atoms with Crippen molar-refractivity contribution in [2.45, 2.75) is 96.3 Å². The fourth-order valence-electron chi connectivity index (χ4n) is 4.71. The fraction of sp³-hybridized carbons (Fsp3) is 0.643. The Morgan fingerprint density at radius 3 is 2.47 bits per heavy atom. The molecule has 0 aromatic heterocycles. The average Bonchev–Trinajstić information content (AvgIpc) is 3.17. The molecule has 0 spiro atoms. The topological polar surface area (TPSA) is 43.4 Å². The van der Waals surface area contributed by atoms with Crippen LogP contribution in [-0.2, 0) is 14.3 Å². The van der Waals surface area contributed by atoms with Crippen molar-refractivity contribution in [3.63, 3.8) is 0 Å². The van der Waals surface area contributed by atoms with Gasteiger partial charge in [0.05, 0.1) is 12.5 Å². The zero-order valence-corrected chi connectivity index (χ0v) is 21.1. The molecule has 4 heteroatoms. The molecule has 1 saturated carbocycles. The van der Waals surface area contributed by atoms with Crippen LogP contribution in [0.2, 0.25) is 0 Å². The molecule has 1 aromatic carbocycles. The Labute approximate surface area is 199 Å². The van der Waals surface area contributed by atoms with Gasteiger partial charge in [-0.15, -0.1) is 0 Å². The second-order valence-corrected chi connectivity index (χ2v) is 10.0. The molecule has 2 rings (SSSR count). The summed E-state index contributed by atoms with van der Waals surface area (Å²) in [6, 6.07) is 10.4. The first-order chi connectivity index (χ1) is 15.6. The SMILES string of the molecule is CCCCCC/C=C(/Sc1ccccc1)C1CCC(=O)C1C(CCCCC)C(=O)OCC. The normalized spacial score (nSPS) is 19.8. The maximum atomic E-state index is 13.1. The van der Waals surface area contributed by atoms with Gasteiger partial charge in [0, 0.05) is 23.2 Å². The van der Waals surface area contributed by atoms with E-state index in [-0.39, 0.29) is 29.5 Å². The standard InChI is InChI=1S/C28H42O3S/c1-4-7-9-10-15-19-26(32-22-16-13-11-14-17-22)23-20-21-25(29)27(23)24(18-12-8-5-2)28(30)31-6-3/h11,13-14,16-17,19,23-24,27H,4-10,12,15,18,20-21H2,1-3H3/b26-19+. The number of hydrogen-bond donors (Lipinski definition) is 0. The highest BCUT2D eigenvalue weighted by Gasteiger charge is 2.45. The first kappa shape index (κ1) is 26.7. The van der Waals surface area contributed by atoms with Gasteiger partial charge in [-0.3, -0.25) is 9.59 Å². The van der Waals surface area contributed by atoms with Crippen LogP contribution in [-0.4, -0.2) is 18.4 Å². The third kappa shape index (κ3) is 8.42. The van der Waals surface area contributed by atoms with E-state index in [9.17, 15) is 9.59 Å². The van der Waals surface area contributed by atoms with Gasteiger partial charge in [0.15, 0.2) is 0 Å². The highest BCUT2D eigenvalue weighted by atomic mass is 32.2. The Morgan fingerprint density at radius 2 is 1.78 bits per heavy atom. The van der Waals surface area contributed by atoms with Gasteiger partial charge < -0.3 is 4.74 Å². The van der Waals surface area contributed by atoms with Gasteiger partial charge in [0.2, 0.25) is 0 Å². The maximum absolute atomic E-state index is 13.1. The van der Waals surface area contributed by atoms with Crippen LogP contribution in [0.15, 0.2) is 46.2 Å². The molecule has 0 heterocycles. The van der Waals surface area contributed by atoms with Gasteiger partial charge in [0.25, 0.3) is 0 Å². The molecule has 0 radical (unpaired) electrons. The molecule has 0 amide bonds. The smallest absolute Gasteiger partial charge is 0.309 e. The Kier molecular flexibility index (Phi) is 12.8. The summed E-state index contributed by atoms with van der Waals surface area (Å²) < 4.78 is 5.45. The minimum atomic E-state index is -0.318. The van der Waals surface area contributed by atoms with Gasteiger partial charge in [-0.1, -0.05) is 88.4 Å². The quantitative estimate of drug-likeness (QED) is 0.152. The number of ketones is 1. The predicted octanol–water partition coefficient (Wildman–Crippen LogP) is 7.99. The number of rotatable bonds is 15. The summed E-state index contributed by atoms with van der Waals surface area (Å²) in [4.78, 5) is 28.5. The number of benzene rings is 1. The van der Waals surface area contributed by atoms with Gasteiger partial charge in [-0.25, -0.2) is 0 Å². The lowest BCUT2D eigenvalue weighted by Crippen LogP contribution is -2.33.